The zero-order chi connectivity index (χ0) is 12.1. The van der Waals surface area contributed by atoms with Crippen LogP contribution in [0.2, 0.25) is 0 Å². The van der Waals surface area contributed by atoms with E-state index >= 15 is 0 Å². The first-order valence-electron chi connectivity index (χ1n) is 5.97. The number of ether oxygens (including phenoxy) is 1. The molecule has 17 heavy (non-hydrogen) atoms. The fourth-order valence-electron chi connectivity index (χ4n) is 1.94. The molecule has 0 aliphatic carbocycles. The van der Waals surface area contributed by atoms with Crippen LogP contribution in [0, 0.1) is 0 Å². The maximum atomic E-state index is 12.0. The summed E-state index contributed by atoms with van der Waals surface area (Å²) in [7, 11) is 0. The van der Waals surface area contributed by atoms with Gasteiger partial charge in [-0.2, -0.15) is 0 Å². The maximum Gasteiger partial charge on any atom is 0.252 e. The van der Waals surface area contributed by atoms with E-state index in [-0.39, 0.29) is 5.91 Å². The molecule has 1 aromatic rings. The van der Waals surface area contributed by atoms with Crippen LogP contribution in [0.4, 0.5) is 0 Å². The Balaban J connectivity index is 1.76. The molecule has 0 bridgehead atoms. The molecule has 1 atom stereocenters. The SMILES string of the molecule is C[C@@]1(C(=O)NCCn2ccnn2)CCCCO1. The van der Waals surface area contributed by atoms with Crippen LogP contribution < -0.4 is 5.32 Å². The average molecular weight is 238 g/mol. The zero-order valence-corrected chi connectivity index (χ0v) is 10.1. The average Bonchev–Trinajstić information content (AvgIpc) is 2.83. The highest BCUT2D eigenvalue weighted by molar-refractivity contribution is 5.84. The van der Waals surface area contributed by atoms with E-state index in [1.807, 2.05) is 6.92 Å². The van der Waals surface area contributed by atoms with Crippen molar-refractivity contribution < 1.29 is 9.53 Å². The Morgan fingerprint density at radius 3 is 3.12 bits per heavy atom. The Kier molecular flexibility index (Phi) is 3.73. The summed E-state index contributed by atoms with van der Waals surface area (Å²) in [4.78, 5) is 12.0. The Morgan fingerprint density at radius 2 is 2.47 bits per heavy atom. The molecule has 2 rings (SSSR count). The lowest BCUT2D eigenvalue weighted by molar-refractivity contribution is -0.150. The molecule has 1 N–H and O–H groups in total. The summed E-state index contributed by atoms with van der Waals surface area (Å²) in [5.74, 6) is -0.0303. The number of hydrogen-bond acceptors (Lipinski definition) is 4. The quantitative estimate of drug-likeness (QED) is 0.822. The molecule has 1 fully saturated rings. The van der Waals surface area contributed by atoms with E-state index in [0.717, 1.165) is 19.3 Å². The molecule has 0 radical (unpaired) electrons. The molecule has 6 heteroatoms. The van der Waals surface area contributed by atoms with Crippen molar-refractivity contribution in [3.8, 4) is 0 Å². The molecule has 1 saturated heterocycles. The molecule has 94 valence electrons. The zero-order valence-electron chi connectivity index (χ0n) is 10.1. The number of amides is 1. The molecule has 1 amide bonds. The molecule has 2 heterocycles. The van der Waals surface area contributed by atoms with Crippen LogP contribution in [-0.2, 0) is 16.1 Å². The lowest BCUT2D eigenvalue weighted by atomic mass is 9.95. The van der Waals surface area contributed by atoms with Crippen molar-refractivity contribution in [1.29, 1.82) is 0 Å². The summed E-state index contributed by atoms with van der Waals surface area (Å²) in [5, 5.41) is 10.4. The van der Waals surface area contributed by atoms with E-state index in [1.165, 1.54) is 0 Å². The van der Waals surface area contributed by atoms with Crippen LogP contribution >= 0.6 is 0 Å². The number of nitrogens with one attached hydrogen (secondary N) is 1. The monoisotopic (exact) mass is 238 g/mol. The lowest BCUT2D eigenvalue weighted by Crippen LogP contribution is -2.49. The van der Waals surface area contributed by atoms with Crippen molar-refractivity contribution in [2.45, 2.75) is 38.3 Å². The van der Waals surface area contributed by atoms with Gasteiger partial charge in [-0.25, -0.2) is 0 Å². The first-order chi connectivity index (χ1) is 8.21. The smallest absolute Gasteiger partial charge is 0.252 e. The van der Waals surface area contributed by atoms with Crippen molar-refractivity contribution in [3.05, 3.63) is 12.4 Å². The van der Waals surface area contributed by atoms with E-state index in [1.54, 1.807) is 17.1 Å². The van der Waals surface area contributed by atoms with Crippen molar-refractivity contribution in [2.24, 2.45) is 0 Å². The lowest BCUT2D eigenvalue weighted by Gasteiger charge is -2.32. The summed E-state index contributed by atoms with van der Waals surface area (Å²) in [6.07, 6.45) is 6.27. The summed E-state index contributed by atoms with van der Waals surface area (Å²) < 4.78 is 7.25. The van der Waals surface area contributed by atoms with Gasteiger partial charge in [-0.3, -0.25) is 9.48 Å². The summed E-state index contributed by atoms with van der Waals surface area (Å²) >= 11 is 0. The van der Waals surface area contributed by atoms with Crippen molar-refractivity contribution in [3.63, 3.8) is 0 Å². The second kappa shape index (κ2) is 5.27. The minimum absolute atomic E-state index is 0.0303. The van der Waals surface area contributed by atoms with Gasteiger partial charge in [-0.05, 0) is 26.2 Å². The van der Waals surface area contributed by atoms with Gasteiger partial charge >= 0.3 is 0 Å². The highest BCUT2D eigenvalue weighted by Crippen LogP contribution is 2.24. The predicted molar refractivity (Wildman–Crippen MR) is 61.2 cm³/mol. The summed E-state index contributed by atoms with van der Waals surface area (Å²) in [6.45, 7) is 3.70. The van der Waals surface area contributed by atoms with Gasteiger partial charge in [0.2, 0.25) is 0 Å². The topological polar surface area (TPSA) is 69.0 Å². The van der Waals surface area contributed by atoms with Crippen LogP contribution in [0.5, 0.6) is 0 Å². The Hall–Kier alpha value is -1.43. The fraction of sp³-hybridized carbons (Fsp3) is 0.727. The minimum Gasteiger partial charge on any atom is -0.365 e. The maximum absolute atomic E-state index is 12.0. The second-order valence-corrected chi connectivity index (χ2v) is 4.46. The molecule has 1 aliphatic heterocycles. The minimum atomic E-state index is -0.652. The van der Waals surface area contributed by atoms with E-state index in [4.69, 9.17) is 4.74 Å². The molecular weight excluding hydrogens is 220 g/mol. The van der Waals surface area contributed by atoms with Crippen molar-refractivity contribution >= 4 is 5.91 Å². The first kappa shape index (κ1) is 12.0. The number of carbonyl (C=O) groups is 1. The first-order valence-corrected chi connectivity index (χ1v) is 5.97. The molecule has 0 spiro atoms. The van der Waals surface area contributed by atoms with Crippen LogP contribution in [0.25, 0.3) is 0 Å². The van der Waals surface area contributed by atoms with Crippen molar-refractivity contribution in [2.75, 3.05) is 13.2 Å². The fourth-order valence-corrected chi connectivity index (χ4v) is 1.94. The van der Waals surface area contributed by atoms with Crippen LogP contribution in [0.1, 0.15) is 26.2 Å². The predicted octanol–water partition coefficient (Wildman–Crippen LogP) is 0.353. The highest BCUT2D eigenvalue weighted by Gasteiger charge is 2.35. The van der Waals surface area contributed by atoms with E-state index in [0.29, 0.717) is 19.7 Å². The van der Waals surface area contributed by atoms with Gasteiger partial charge in [0, 0.05) is 19.3 Å². The summed E-state index contributed by atoms with van der Waals surface area (Å²) in [5.41, 5.74) is -0.652. The molecular formula is C11H18N4O2. The van der Waals surface area contributed by atoms with E-state index in [9.17, 15) is 4.79 Å². The Bertz CT molecular complexity index is 358. The van der Waals surface area contributed by atoms with Crippen LogP contribution in [-0.4, -0.2) is 39.7 Å². The van der Waals surface area contributed by atoms with Gasteiger partial charge in [-0.1, -0.05) is 5.21 Å². The van der Waals surface area contributed by atoms with Gasteiger partial charge < -0.3 is 10.1 Å². The van der Waals surface area contributed by atoms with Gasteiger partial charge in [0.25, 0.3) is 5.91 Å². The number of hydrogen-bond donors (Lipinski definition) is 1. The molecule has 1 aromatic heterocycles. The number of carbonyl (C=O) groups excluding carboxylic acids is 1. The standard InChI is InChI=1S/C11H18N4O2/c1-11(4-2-3-9-17-11)10(16)12-5-7-15-8-6-13-14-15/h6,8H,2-5,7,9H2,1H3,(H,12,16)/t11-/m0/s1. The van der Waals surface area contributed by atoms with E-state index in [2.05, 4.69) is 15.6 Å². The molecule has 0 saturated carbocycles. The van der Waals surface area contributed by atoms with Gasteiger partial charge in [0.05, 0.1) is 12.7 Å². The molecule has 0 aromatic carbocycles. The highest BCUT2D eigenvalue weighted by atomic mass is 16.5. The summed E-state index contributed by atoms with van der Waals surface area (Å²) in [6, 6.07) is 0. The van der Waals surface area contributed by atoms with Crippen LogP contribution in [0.3, 0.4) is 0 Å². The van der Waals surface area contributed by atoms with Gasteiger partial charge in [0.1, 0.15) is 5.60 Å². The van der Waals surface area contributed by atoms with E-state index < -0.39 is 5.60 Å². The van der Waals surface area contributed by atoms with Crippen molar-refractivity contribution in [1.82, 2.24) is 20.3 Å². The second-order valence-electron chi connectivity index (χ2n) is 4.46. The Morgan fingerprint density at radius 1 is 1.59 bits per heavy atom. The van der Waals surface area contributed by atoms with Gasteiger partial charge in [-0.15, -0.1) is 5.10 Å². The third kappa shape index (κ3) is 3.03. The Labute approximate surface area is 100 Å². The largest absolute Gasteiger partial charge is 0.365 e. The normalized spacial score (nSPS) is 24.5. The number of nitrogens with zero attached hydrogens (tertiary/aromatic N) is 3. The third-order valence-corrected chi connectivity index (χ3v) is 3.05. The van der Waals surface area contributed by atoms with Gasteiger partial charge in [0.15, 0.2) is 0 Å². The van der Waals surface area contributed by atoms with Crippen LogP contribution in [0.15, 0.2) is 12.4 Å². The number of aromatic nitrogens is 3. The molecule has 6 nitrogen and oxygen atoms in total. The molecule has 1 aliphatic rings. The third-order valence-electron chi connectivity index (χ3n) is 3.05. The number of rotatable bonds is 4. The molecule has 0 unspecified atom stereocenters.